The molecule has 0 aliphatic rings. The van der Waals surface area contributed by atoms with Crippen LogP contribution in [-0.4, -0.2) is 25.3 Å². The summed E-state index contributed by atoms with van der Waals surface area (Å²) >= 11 is 0. The molecule has 2 rings (SSSR count). The Hall–Kier alpha value is -2.82. The fourth-order valence-corrected chi connectivity index (χ4v) is 2.62. The van der Waals surface area contributed by atoms with Crippen LogP contribution < -0.4 is 15.5 Å². The largest absolute Gasteiger partial charge is 0.494 e. The predicted molar refractivity (Wildman–Crippen MR) is 102 cm³/mol. The number of nitrogens with zero attached hydrogens (tertiary/aromatic N) is 1. The molecule has 0 unspecified atom stereocenters. The Kier molecular flexibility index (Phi) is 6.57. The van der Waals surface area contributed by atoms with Gasteiger partial charge < -0.3 is 10.1 Å². The molecule has 0 aliphatic heterocycles. The van der Waals surface area contributed by atoms with E-state index in [0.717, 1.165) is 28.1 Å². The lowest BCUT2D eigenvalue weighted by atomic mass is 10.0. The molecule has 2 N–H and O–H groups in total. The number of ether oxygens (including phenoxy) is 1. The second kappa shape index (κ2) is 8.87. The molecule has 2 aromatic rings. The number of hydrazone groups is 1. The van der Waals surface area contributed by atoms with Crippen molar-refractivity contribution in [3.8, 4) is 5.75 Å². The van der Waals surface area contributed by atoms with Crippen LogP contribution in [0, 0.1) is 20.8 Å². The van der Waals surface area contributed by atoms with E-state index in [0.29, 0.717) is 6.61 Å². The molecule has 132 valence electrons. The van der Waals surface area contributed by atoms with Gasteiger partial charge in [0.25, 0.3) is 5.91 Å². The Morgan fingerprint density at radius 2 is 1.76 bits per heavy atom. The molecule has 0 aliphatic carbocycles. The number of hydrogen-bond donors (Lipinski definition) is 2. The zero-order valence-electron chi connectivity index (χ0n) is 15.2. The number of benzene rings is 2. The summed E-state index contributed by atoms with van der Waals surface area (Å²) in [6, 6.07) is 11.7. The van der Waals surface area contributed by atoms with Gasteiger partial charge in [0.2, 0.25) is 0 Å². The van der Waals surface area contributed by atoms with Crippen LogP contribution in [0.3, 0.4) is 0 Å². The summed E-state index contributed by atoms with van der Waals surface area (Å²) < 4.78 is 5.38. The van der Waals surface area contributed by atoms with E-state index in [2.05, 4.69) is 34.9 Å². The lowest BCUT2D eigenvalue weighted by Gasteiger charge is -2.08. The first kappa shape index (κ1) is 18.5. The van der Waals surface area contributed by atoms with E-state index < -0.39 is 0 Å². The Balaban J connectivity index is 1.84. The molecule has 5 nitrogen and oxygen atoms in total. The fourth-order valence-electron chi connectivity index (χ4n) is 2.62. The molecule has 0 aromatic heterocycles. The summed E-state index contributed by atoms with van der Waals surface area (Å²) in [7, 11) is 0. The van der Waals surface area contributed by atoms with Gasteiger partial charge >= 0.3 is 0 Å². The van der Waals surface area contributed by atoms with Gasteiger partial charge in [0.1, 0.15) is 5.75 Å². The number of carbonyl (C=O) groups is 1. The van der Waals surface area contributed by atoms with Crippen molar-refractivity contribution < 1.29 is 9.53 Å². The molecule has 0 spiro atoms. The van der Waals surface area contributed by atoms with E-state index in [4.69, 9.17) is 4.74 Å². The van der Waals surface area contributed by atoms with E-state index in [1.807, 2.05) is 45.0 Å². The van der Waals surface area contributed by atoms with Crippen molar-refractivity contribution in [2.45, 2.75) is 27.7 Å². The molecule has 0 fully saturated rings. The van der Waals surface area contributed by atoms with Crippen LogP contribution in [0.1, 0.15) is 29.2 Å². The lowest BCUT2D eigenvalue weighted by molar-refractivity contribution is -0.119. The first-order chi connectivity index (χ1) is 12.0. The Morgan fingerprint density at radius 1 is 1.12 bits per heavy atom. The first-order valence-corrected chi connectivity index (χ1v) is 8.36. The molecule has 0 atom stereocenters. The normalized spacial score (nSPS) is 10.7. The lowest BCUT2D eigenvalue weighted by Crippen LogP contribution is -2.25. The van der Waals surface area contributed by atoms with Crippen LogP contribution in [0.25, 0.3) is 0 Å². The van der Waals surface area contributed by atoms with Crippen molar-refractivity contribution in [1.29, 1.82) is 0 Å². The van der Waals surface area contributed by atoms with Gasteiger partial charge in [-0.25, -0.2) is 5.43 Å². The van der Waals surface area contributed by atoms with E-state index in [1.165, 1.54) is 5.56 Å². The maximum Gasteiger partial charge on any atom is 0.259 e. The van der Waals surface area contributed by atoms with Crippen LogP contribution in [0.15, 0.2) is 41.5 Å². The topological polar surface area (TPSA) is 62.7 Å². The highest BCUT2D eigenvalue weighted by Gasteiger charge is 2.03. The number of hydrogen-bond acceptors (Lipinski definition) is 4. The third-order valence-corrected chi connectivity index (χ3v) is 3.74. The van der Waals surface area contributed by atoms with Gasteiger partial charge in [0, 0.05) is 11.3 Å². The van der Waals surface area contributed by atoms with E-state index in [1.54, 1.807) is 6.21 Å². The molecule has 0 radical (unpaired) electrons. The number of anilines is 1. The Bertz CT molecular complexity index is 729. The van der Waals surface area contributed by atoms with E-state index in [-0.39, 0.29) is 12.5 Å². The molecule has 25 heavy (non-hydrogen) atoms. The minimum Gasteiger partial charge on any atom is -0.494 e. The molecule has 0 heterocycles. The minimum atomic E-state index is -0.201. The van der Waals surface area contributed by atoms with Gasteiger partial charge in [-0.2, -0.15) is 5.10 Å². The molecule has 0 bridgehead atoms. The summed E-state index contributed by atoms with van der Waals surface area (Å²) in [6.07, 6.45) is 1.69. The van der Waals surface area contributed by atoms with Crippen molar-refractivity contribution in [2.75, 3.05) is 18.5 Å². The molecular formula is C20H25N3O2. The van der Waals surface area contributed by atoms with Crippen LogP contribution in [0.2, 0.25) is 0 Å². The smallest absolute Gasteiger partial charge is 0.259 e. The van der Waals surface area contributed by atoms with Crippen molar-refractivity contribution in [1.82, 2.24) is 5.43 Å². The number of rotatable bonds is 7. The highest BCUT2D eigenvalue weighted by atomic mass is 16.5. The zero-order valence-corrected chi connectivity index (χ0v) is 15.2. The number of nitrogens with one attached hydrogen (secondary N) is 2. The fraction of sp³-hybridized carbons (Fsp3) is 0.300. The third kappa shape index (κ3) is 5.64. The first-order valence-electron chi connectivity index (χ1n) is 8.36. The molecule has 0 saturated carbocycles. The summed E-state index contributed by atoms with van der Waals surface area (Å²) in [5, 5.41) is 7.11. The Labute approximate surface area is 149 Å². The van der Waals surface area contributed by atoms with Gasteiger partial charge in [0.05, 0.1) is 19.4 Å². The number of aryl methyl sites for hydroxylation is 3. The molecule has 1 amide bonds. The summed E-state index contributed by atoms with van der Waals surface area (Å²) in [4.78, 5) is 11.9. The van der Waals surface area contributed by atoms with Crippen molar-refractivity contribution in [3.63, 3.8) is 0 Å². The van der Waals surface area contributed by atoms with Gasteiger partial charge in [-0.05, 0) is 63.1 Å². The minimum absolute atomic E-state index is 0.150. The van der Waals surface area contributed by atoms with E-state index in [9.17, 15) is 4.79 Å². The van der Waals surface area contributed by atoms with Gasteiger partial charge in [-0.1, -0.05) is 17.7 Å². The SMILES string of the molecule is CCOc1ccc(NCC(=O)NN=Cc2c(C)cc(C)cc2C)cc1. The highest BCUT2D eigenvalue weighted by molar-refractivity contribution is 5.86. The second-order valence-corrected chi connectivity index (χ2v) is 5.92. The van der Waals surface area contributed by atoms with Crippen molar-refractivity contribution in [3.05, 3.63) is 58.7 Å². The Morgan fingerprint density at radius 3 is 2.36 bits per heavy atom. The summed E-state index contributed by atoms with van der Waals surface area (Å²) in [6.45, 7) is 8.86. The maximum absolute atomic E-state index is 11.9. The van der Waals surface area contributed by atoms with Crippen LogP contribution in [0.4, 0.5) is 5.69 Å². The second-order valence-electron chi connectivity index (χ2n) is 5.92. The van der Waals surface area contributed by atoms with Crippen molar-refractivity contribution >= 4 is 17.8 Å². The third-order valence-electron chi connectivity index (χ3n) is 3.74. The standard InChI is InChI=1S/C20H25N3O2/c1-5-25-18-8-6-17(7-9-18)21-13-20(24)23-22-12-19-15(3)10-14(2)11-16(19)4/h6-12,21H,5,13H2,1-4H3,(H,23,24). The zero-order chi connectivity index (χ0) is 18.2. The van der Waals surface area contributed by atoms with Gasteiger partial charge in [0.15, 0.2) is 0 Å². The number of carbonyl (C=O) groups excluding carboxylic acids is 1. The average Bonchev–Trinajstić information content (AvgIpc) is 2.57. The van der Waals surface area contributed by atoms with Crippen molar-refractivity contribution in [2.24, 2.45) is 5.10 Å². The summed E-state index contributed by atoms with van der Waals surface area (Å²) in [5.74, 6) is 0.610. The molecular weight excluding hydrogens is 314 g/mol. The monoisotopic (exact) mass is 339 g/mol. The molecule has 0 saturated heterocycles. The van der Waals surface area contributed by atoms with Crippen LogP contribution >= 0.6 is 0 Å². The van der Waals surface area contributed by atoms with Crippen LogP contribution in [-0.2, 0) is 4.79 Å². The van der Waals surface area contributed by atoms with E-state index >= 15 is 0 Å². The maximum atomic E-state index is 11.9. The van der Waals surface area contributed by atoms with Crippen LogP contribution in [0.5, 0.6) is 5.75 Å². The van der Waals surface area contributed by atoms with Gasteiger partial charge in [-0.15, -0.1) is 0 Å². The van der Waals surface area contributed by atoms with Gasteiger partial charge in [-0.3, -0.25) is 4.79 Å². The summed E-state index contributed by atoms with van der Waals surface area (Å²) in [5.41, 5.74) is 7.93. The number of amides is 1. The quantitative estimate of drug-likeness (QED) is 0.599. The molecule has 5 heteroatoms. The average molecular weight is 339 g/mol. The molecule has 2 aromatic carbocycles. The highest BCUT2D eigenvalue weighted by Crippen LogP contribution is 2.15. The predicted octanol–water partition coefficient (Wildman–Crippen LogP) is 3.57.